The molecule has 1 aromatic heterocycles. The quantitative estimate of drug-likeness (QED) is 0.566. The monoisotopic (exact) mass is 207 g/mol. The van der Waals surface area contributed by atoms with Gasteiger partial charge in [0, 0.05) is 6.54 Å². The van der Waals surface area contributed by atoms with Gasteiger partial charge in [0.25, 0.3) is 0 Å². The molecule has 0 fully saturated rings. The van der Waals surface area contributed by atoms with Gasteiger partial charge in [0.1, 0.15) is 6.10 Å². The first-order chi connectivity index (χ1) is 7.22. The summed E-state index contributed by atoms with van der Waals surface area (Å²) in [6.07, 6.45) is -0.312. The lowest BCUT2D eigenvalue weighted by molar-refractivity contribution is 0.0244. The van der Waals surface area contributed by atoms with Crippen LogP contribution in [-0.2, 0) is 0 Å². The number of rotatable bonds is 3. The van der Waals surface area contributed by atoms with E-state index in [4.69, 9.17) is 5.73 Å². The van der Waals surface area contributed by atoms with Crippen LogP contribution in [0.15, 0.2) is 24.5 Å². The maximum atomic E-state index is 9.72. The highest BCUT2D eigenvalue weighted by Crippen LogP contribution is 2.20. The number of nitrogens with one attached hydrogen (secondary N) is 1. The molecule has 0 saturated heterocycles. The number of H-pyrrole nitrogens is 1. The first-order valence-electron chi connectivity index (χ1n) is 4.71. The van der Waals surface area contributed by atoms with Crippen LogP contribution >= 0.6 is 0 Å². The zero-order valence-electron chi connectivity index (χ0n) is 8.09. The standard InChI is InChI=1S/C10H13N3O2/c11-4-9(14)10(15)6-1-2-7-8(3-6)13-5-12-7/h1-3,5,9-10,14-15H,4,11H2,(H,12,13). The van der Waals surface area contributed by atoms with Gasteiger partial charge in [-0.2, -0.15) is 0 Å². The van der Waals surface area contributed by atoms with Crippen molar-refractivity contribution >= 4 is 11.0 Å². The lowest BCUT2D eigenvalue weighted by atomic mass is 10.0. The molecular formula is C10H13N3O2. The number of hydrogen-bond donors (Lipinski definition) is 4. The van der Waals surface area contributed by atoms with Crippen LogP contribution in [0.1, 0.15) is 11.7 Å². The highest BCUT2D eigenvalue weighted by molar-refractivity contribution is 5.75. The summed E-state index contributed by atoms with van der Waals surface area (Å²) in [5, 5.41) is 19.1. The maximum Gasteiger partial charge on any atom is 0.106 e. The van der Waals surface area contributed by atoms with Gasteiger partial charge in [-0.1, -0.05) is 6.07 Å². The van der Waals surface area contributed by atoms with Crippen molar-refractivity contribution in [2.24, 2.45) is 5.73 Å². The Bertz CT molecular complexity index is 455. The molecule has 0 saturated carbocycles. The molecule has 2 aromatic rings. The average molecular weight is 207 g/mol. The van der Waals surface area contributed by atoms with Crippen LogP contribution in [-0.4, -0.2) is 32.8 Å². The molecule has 5 N–H and O–H groups in total. The third-order valence-corrected chi connectivity index (χ3v) is 2.39. The summed E-state index contributed by atoms with van der Waals surface area (Å²) in [5.74, 6) is 0. The molecule has 0 spiro atoms. The van der Waals surface area contributed by atoms with Crippen LogP contribution in [0.25, 0.3) is 11.0 Å². The fourth-order valence-electron chi connectivity index (χ4n) is 1.49. The number of hydrogen-bond acceptors (Lipinski definition) is 4. The summed E-state index contributed by atoms with van der Waals surface area (Å²) >= 11 is 0. The minimum atomic E-state index is -0.956. The van der Waals surface area contributed by atoms with Gasteiger partial charge < -0.3 is 20.9 Å². The van der Waals surface area contributed by atoms with Crippen molar-refractivity contribution in [3.8, 4) is 0 Å². The molecule has 5 heteroatoms. The minimum absolute atomic E-state index is 0.0299. The molecule has 1 heterocycles. The van der Waals surface area contributed by atoms with Crippen molar-refractivity contribution in [3.05, 3.63) is 30.1 Å². The van der Waals surface area contributed by atoms with E-state index < -0.39 is 12.2 Å². The van der Waals surface area contributed by atoms with E-state index in [1.165, 1.54) is 0 Å². The third-order valence-electron chi connectivity index (χ3n) is 2.39. The van der Waals surface area contributed by atoms with E-state index >= 15 is 0 Å². The summed E-state index contributed by atoms with van der Waals surface area (Å²) in [6.45, 7) is 0.0299. The van der Waals surface area contributed by atoms with Crippen LogP contribution in [0.4, 0.5) is 0 Å². The Hall–Kier alpha value is -1.43. The summed E-state index contributed by atoms with van der Waals surface area (Å²) in [4.78, 5) is 7.00. The summed E-state index contributed by atoms with van der Waals surface area (Å²) in [6, 6.07) is 5.27. The van der Waals surface area contributed by atoms with Crippen LogP contribution in [0, 0.1) is 0 Å². The number of benzene rings is 1. The summed E-state index contributed by atoms with van der Waals surface area (Å²) in [7, 11) is 0. The Balaban J connectivity index is 2.35. The molecule has 2 unspecified atom stereocenters. The second-order valence-corrected chi connectivity index (χ2v) is 3.43. The number of aromatic amines is 1. The maximum absolute atomic E-state index is 9.72. The topological polar surface area (TPSA) is 95.2 Å². The van der Waals surface area contributed by atoms with Gasteiger partial charge >= 0.3 is 0 Å². The van der Waals surface area contributed by atoms with Crippen molar-refractivity contribution in [2.45, 2.75) is 12.2 Å². The van der Waals surface area contributed by atoms with E-state index in [2.05, 4.69) is 9.97 Å². The van der Waals surface area contributed by atoms with Gasteiger partial charge in [0.2, 0.25) is 0 Å². The van der Waals surface area contributed by atoms with Gasteiger partial charge in [0.05, 0.1) is 23.5 Å². The van der Waals surface area contributed by atoms with Gasteiger partial charge in [0.15, 0.2) is 0 Å². The van der Waals surface area contributed by atoms with Crippen LogP contribution in [0.3, 0.4) is 0 Å². The van der Waals surface area contributed by atoms with Crippen molar-refractivity contribution < 1.29 is 10.2 Å². The molecule has 0 aliphatic rings. The van der Waals surface area contributed by atoms with Crippen molar-refractivity contribution in [2.75, 3.05) is 6.54 Å². The first kappa shape index (κ1) is 10.1. The van der Waals surface area contributed by atoms with Crippen molar-refractivity contribution in [1.29, 1.82) is 0 Å². The Morgan fingerprint density at radius 1 is 1.40 bits per heavy atom. The van der Waals surface area contributed by atoms with E-state index in [1.807, 2.05) is 0 Å². The highest BCUT2D eigenvalue weighted by Gasteiger charge is 2.16. The molecule has 2 atom stereocenters. The minimum Gasteiger partial charge on any atom is -0.389 e. The second-order valence-electron chi connectivity index (χ2n) is 3.43. The largest absolute Gasteiger partial charge is 0.389 e. The van der Waals surface area contributed by atoms with E-state index in [-0.39, 0.29) is 6.54 Å². The number of aliphatic hydroxyl groups excluding tert-OH is 2. The molecule has 0 aliphatic carbocycles. The zero-order valence-corrected chi connectivity index (χ0v) is 8.09. The fraction of sp³-hybridized carbons (Fsp3) is 0.300. The summed E-state index contributed by atoms with van der Waals surface area (Å²) < 4.78 is 0. The van der Waals surface area contributed by atoms with Gasteiger partial charge in [-0.15, -0.1) is 0 Å². The molecule has 0 aliphatic heterocycles. The number of aromatic nitrogens is 2. The predicted molar refractivity (Wildman–Crippen MR) is 56.1 cm³/mol. The van der Waals surface area contributed by atoms with Gasteiger partial charge in [-0.25, -0.2) is 4.98 Å². The number of nitrogens with two attached hydrogens (primary N) is 1. The smallest absolute Gasteiger partial charge is 0.106 e. The molecule has 1 aromatic carbocycles. The number of fused-ring (bicyclic) bond motifs is 1. The Kier molecular flexibility index (Phi) is 2.68. The molecule has 2 rings (SSSR count). The molecule has 80 valence electrons. The predicted octanol–water partition coefficient (Wildman–Crippen LogP) is -0.0841. The summed E-state index contributed by atoms with van der Waals surface area (Å²) in [5.41, 5.74) is 7.56. The van der Waals surface area contributed by atoms with E-state index in [0.717, 1.165) is 11.0 Å². The van der Waals surface area contributed by atoms with Crippen LogP contribution in [0.2, 0.25) is 0 Å². The number of imidazole rings is 1. The third kappa shape index (κ3) is 1.85. The lowest BCUT2D eigenvalue weighted by Crippen LogP contribution is -2.27. The second kappa shape index (κ2) is 3.98. The van der Waals surface area contributed by atoms with Crippen LogP contribution in [0.5, 0.6) is 0 Å². The normalized spacial score (nSPS) is 15.4. The van der Waals surface area contributed by atoms with Gasteiger partial charge in [-0.05, 0) is 17.7 Å². The van der Waals surface area contributed by atoms with E-state index in [1.54, 1.807) is 24.5 Å². The van der Waals surface area contributed by atoms with Crippen LogP contribution < -0.4 is 5.73 Å². The number of aliphatic hydroxyl groups is 2. The SMILES string of the molecule is NCC(O)C(O)c1ccc2nc[nH]c2c1. The first-order valence-corrected chi connectivity index (χ1v) is 4.71. The zero-order chi connectivity index (χ0) is 10.8. The van der Waals surface area contributed by atoms with Crippen molar-refractivity contribution in [3.63, 3.8) is 0 Å². The van der Waals surface area contributed by atoms with Gasteiger partial charge in [-0.3, -0.25) is 0 Å². The van der Waals surface area contributed by atoms with E-state index in [9.17, 15) is 10.2 Å². The Labute approximate surface area is 86.6 Å². The van der Waals surface area contributed by atoms with Crippen molar-refractivity contribution in [1.82, 2.24) is 9.97 Å². The molecular weight excluding hydrogens is 194 g/mol. The lowest BCUT2D eigenvalue weighted by Gasteiger charge is -2.16. The number of nitrogens with zero attached hydrogens (tertiary/aromatic N) is 1. The molecule has 0 radical (unpaired) electrons. The highest BCUT2D eigenvalue weighted by atomic mass is 16.3. The molecule has 15 heavy (non-hydrogen) atoms. The Morgan fingerprint density at radius 2 is 2.20 bits per heavy atom. The molecule has 0 amide bonds. The molecule has 5 nitrogen and oxygen atoms in total. The fourth-order valence-corrected chi connectivity index (χ4v) is 1.49. The Morgan fingerprint density at radius 3 is 2.93 bits per heavy atom. The molecule has 0 bridgehead atoms. The van der Waals surface area contributed by atoms with E-state index in [0.29, 0.717) is 5.56 Å². The average Bonchev–Trinajstić information content (AvgIpc) is 2.73.